The topological polar surface area (TPSA) is 66.5 Å². The molecule has 20 heavy (non-hydrogen) atoms. The standard InChI is InChI=1S/C14H13FN2O3/c15-9-3-4-11-10(5-9)13(19)14(20)17(11)7-12(18)16-6-8-1-2-8/h3-5,8H,1-2,6-7H2,(H,16,18). The van der Waals surface area contributed by atoms with E-state index in [0.29, 0.717) is 18.2 Å². The van der Waals surface area contributed by atoms with Crippen LogP contribution in [0.2, 0.25) is 0 Å². The molecular weight excluding hydrogens is 263 g/mol. The van der Waals surface area contributed by atoms with Gasteiger partial charge in [-0.25, -0.2) is 4.39 Å². The van der Waals surface area contributed by atoms with E-state index in [1.807, 2.05) is 0 Å². The van der Waals surface area contributed by atoms with Crippen molar-refractivity contribution in [2.75, 3.05) is 18.0 Å². The van der Waals surface area contributed by atoms with Crippen molar-refractivity contribution in [1.82, 2.24) is 5.32 Å². The quantitative estimate of drug-likeness (QED) is 0.830. The Labute approximate surface area is 114 Å². The van der Waals surface area contributed by atoms with E-state index in [0.717, 1.165) is 23.8 Å². The highest BCUT2D eigenvalue weighted by Crippen LogP contribution is 2.29. The second-order valence-electron chi connectivity index (χ2n) is 5.13. The number of ketones is 1. The summed E-state index contributed by atoms with van der Waals surface area (Å²) in [5.74, 6) is -1.90. The molecule has 1 heterocycles. The summed E-state index contributed by atoms with van der Waals surface area (Å²) in [6.45, 7) is 0.390. The van der Waals surface area contributed by atoms with Crippen molar-refractivity contribution in [3.63, 3.8) is 0 Å². The van der Waals surface area contributed by atoms with Crippen LogP contribution in [0.25, 0.3) is 0 Å². The summed E-state index contributed by atoms with van der Waals surface area (Å²) >= 11 is 0. The van der Waals surface area contributed by atoms with E-state index in [1.54, 1.807) is 0 Å². The summed E-state index contributed by atoms with van der Waals surface area (Å²) in [6.07, 6.45) is 2.23. The smallest absolute Gasteiger partial charge is 0.299 e. The number of amides is 2. The molecule has 0 unspecified atom stereocenters. The zero-order chi connectivity index (χ0) is 14.3. The second kappa shape index (κ2) is 4.70. The molecule has 104 valence electrons. The molecule has 2 aliphatic rings. The number of nitrogens with zero attached hydrogens (tertiary/aromatic N) is 1. The number of rotatable bonds is 4. The molecule has 2 amide bonds. The summed E-state index contributed by atoms with van der Waals surface area (Å²) in [5.41, 5.74) is 0.313. The van der Waals surface area contributed by atoms with Crippen LogP contribution in [0.4, 0.5) is 10.1 Å². The van der Waals surface area contributed by atoms with Gasteiger partial charge in [-0.05, 0) is 37.0 Å². The van der Waals surface area contributed by atoms with Gasteiger partial charge < -0.3 is 5.32 Å². The molecule has 0 radical (unpaired) electrons. The number of fused-ring (bicyclic) bond motifs is 1. The minimum Gasteiger partial charge on any atom is -0.354 e. The van der Waals surface area contributed by atoms with Crippen LogP contribution in [-0.2, 0) is 9.59 Å². The second-order valence-corrected chi connectivity index (χ2v) is 5.13. The van der Waals surface area contributed by atoms with Crippen LogP contribution in [0.5, 0.6) is 0 Å². The zero-order valence-electron chi connectivity index (χ0n) is 10.7. The van der Waals surface area contributed by atoms with E-state index in [-0.39, 0.29) is 18.0 Å². The van der Waals surface area contributed by atoms with E-state index in [4.69, 9.17) is 0 Å². The fourth-order valence-corrected chi connectivity index (χ4v) is 2.21. The Morgan fingerprint density at radius 2 is 2.10 bits per heavy atom. The van der Waals surface area contributed by atoms with Gasteiger partial charge in [-0.3, -0.25) is 19.3 Å². The first kappa shape index (κ1) is 12.8. The molecule has 1 aliphatic carbocycles. The van der Waals surface area contributed by atoms with E-state index >= 15 is 0 Å². The molecule has 0 aromatic heterocycles. The molecule has 0 atom stereocenters. The summed E-state index contributed by atoms with van der Waals surface area (Å²) in [4.78, 5) is 36.4. The highest BCUT2D eigenvalue weighted by atomic mass is 19.1. The number of hydrogen-bond acceptors (Lipinski definition) is 3. The predicted octanol–water partition coefficient (Wildman–Crippen LogP) is 0.881. The van der Waals surface area contributed by atoms with Crippen molar-refractivity contribution in [2.24, 2.45) is 5.92 Å². The summed E-state index contributed by atoms with van der Waals surface area (Å²) in [6, 6.07) is 3.54. The lowest BCUT2D eigenvalue weighted by molar-refractivity contribution is -0.122. The van der Waals surface area contributed by atoms with Gasteiger partial charge in [0.05, 0.1) is 11.3 Å². The van der Waals surface area contributed by atoms with Gasteiger partial charge in [-0.2, -0.15) is 0 Å². The Kier molecular flexibility index (Phi) is 3.00. The van der Waals surface area contributed by atoms with Crippen LogP contribution < -0.4 is 10.2 Å². The molecular formula is C14H13FN2O3. The van der Waals surface area contributed by atoms with Gasteiger partial charge in [0, 0.05) is 6.54 Å². The van der Waals surface area contributed by atoms with E-state index < -0.39 is 17.5 Å². The maximum absolute atomic E-state index is 13.1. The Balaban J connectivity index is 1.74. The number of anilines is 1. The van der Waals surface area contributed by atoms with Gasteiger partial charge in [-0.15, -0.1) is 0 Å². The van der Waals surface area contributed by atoms with Crippen LogP contribution in [0.1, 0.15) is 23.2 Å². The SMILES string of the molecule is O=C(CN1C(=O)C(=O)c2cc(F)ccc21)NCC1CC1. The Morgan fingerprint density at radius 3 is 2.80 bits per heavy atom. The van der Waals surface area contributed by atoms with Crippen molar-refractivity contribution in [3.8, 4) is 0 Å². The lowest BCUT2D eigenvalue weighted by Crippen LogP contribution is -2.40. The highest BCUT2D eigenvalue weighted by Gasteiger charge is 2.37. The monoisotopic (exact) mass is 276 g/mol. The van der Waals surface area contributed by atoms with Gasteiger partial charge in [0.2, 0.25) is 5.91 Å². The number of carbonyl (C=O) groups is 3. The largest absolute Gasteiger partial charge is 0.354 e. The average Bonchev–Trinajstić information content (AvgIpc) is 3.22. The average molecular weight is 276 g/mol. The van der Waals surface area contributed by atoms with Gasteiger partial charge in [0.25, 0.3) is 11.7 Å². The van der Waals surface area contributed by atoms with Gasteiger partial charge in [0.15, 0.2) is 0 Å². The van der Waals surface area contributed by atoms with E-state index in [9.17, 15) is 18.8 Å². The number of carbonyl (C=O) groups excluding carboxylic acids is 3. The summed E-state index contributed by atoms with van der Waals surface area (Å²) in [5, 5.41) is 2.73. The third-order valence-corrected chi connectivity index (χ3v) is 3.52. The molecule has 5 nitrogen and oxygen atoms in total. The number of benzene rings is 1. The lowest BCUT2D eigenvalue weighted by atomic mass is 10.1. The Hall–Kier alpha value is -2.24. The normalized spacial score (nSPS) is 17.4. The highest BCUT2D eigenvalue weighted by molar-refractivity contribution is 6.52. The third kappa shape index (κ3) is 2.29. The predicted molar refractivity (Wildman–Crippen MR) is 68.8 cm³/mol. The molecule has 1 aromatic rings. The minimum atomic E-state index is -0.785. The first-order chi connectivity index (χ1) is 9.56. The molecule has 1 saturated carbocycles. The molecule has 1 fully saturated rings. The number of nitrogens with one attached hydrogen (secondary N) is 1. The number of halogens is 1. The zero-order valence-corrected chi connectivity index (χ0v) is 10.7. The summed E-state index contributed by atoms with van der Waals surface area (Å²) < 4.78 is 13.1. The van der Waals surface area contributed by atoms with Crippen molar-refractivity contribution in [1.29, 1.82) is 0 Å². The van der Waals surface area contributed by atoms with Crippen LogP contribution in [0, 0.1) is 11.7 Å². The van der Waals surface area contributed by atoms with Gasteiger partial charge >= 0.3 is 0 Å². The van der Waals surface area contributed by atoms with Crippen LogP contribution in [0.15, 0.2) is 18.2 Å². The molecule has 1 aliphatic heterocycles. The third-order valence-electron chi connectivity index (χ3n) is 3.52. The summed E-state index contributed by atoms with van der Waals surface area (Å²) in [7, 11) is 0. The fourth-order valence-electron chi connectivity index (χ4n) is 2.21. The van der Waals surface area contributed by atoms with Crippen molar-refractivity contribution in [3.05, 3.63) is 29.6 Å². The molecule has 0 spiro atoms. The molecule has 1 aromatic carbocycles. The number of Topliss-reactive ketones (excluding diaryl/α,β-unsaturated/α-hetero) is 1. The van der Waals surface area contributed by atoms with Crippen molar-refractivity contribution < 1.29 is 18.8 Å². The van der Waals surface area contributed by atoms with Crippen LogP contribution >= 0.6 is 0 Å². The molecule has 3 rings (SSSR count). The van der Waals surface area contributed by atoms with E-state index in [1.165, 1.54) is 12.1 Å². The van der Waals surface area contributed by atoms with Crippen LogP contribution in [0.3, 0.4) is 0 Å². The van der Waals surface area contributed by atoms with Crippen molar-refractivity contribution >= 4 is 23.3 Å². The van der Waals surface area contributed by atoms with E-state index in [2.05, 4.69) is 5.32 Å². The molecule has 6 heteroatoms. The first-order valence-corrected chi connectivity index (χ1v) is 6.48. The van der Waals surface area contributed by atoms with Gasteiger partial charge in [0.1, 0.15) is 12.4 Å². The Morgan fingerprint density at radius 1 is 1.35 bits per heavy atom. The first-order valence-electron chi connectivity index (χ1n) is 6.48. The van der Waals surface area contributed by atoms with Crippen molar-refractivity contribution in [2.45, 2.75) is 12.8 Å². The lowest BCUT2D eigenvalue weighted by Gasteiger charge is -2.15. The molecule has 0 saturated heterocycles. The Bertz CT molecular complexity index is 610. The number of hydrogen-bond donors (Lipinski definition) is 1. The minimum absolute atomic E-state index is 0.0185. The van der Waals surface area contributed by atoms with Crippen LogP contribution in [-0.4, -0.2) is 30.7 Å². The fraction of sp³-hybridized carbons (Fsp3) is 0.357. The van der Waals surface area contributed by atoms with Gasteiger partial charge in [-0.1, -0.05) is 0 Å². The maximum atomic E-state index is 13.1. The maximum Gasteiger partial charge on any atom is 0.299 e. The molecule has 0 bridgehead atoms. The molecule has 1 N–H and O–H groups in total.